The molecule has 1 aliphatic heterocycles. The van der Waals surface area contributed by atoms with Crippen molar-refractivity contribution in [3.05, 3.63) is 56.6 Å². The number of aromatic nitrogens is 3. The number of fused-ring (bicyclic) bond motifs is 1. The number of anilines is 1. The fourth-order valence-electron chi connectivity index (χ4n) is 4.55. The van der Waals surface area contributed by atoms with Crippen molar-refractivity contribution in [2.24, 2.45) is 5.92 Å². The largest absolute Gasteiger partial charge is 0.446 e. The molecule has 10 heteroatoms. The quantitative estimate of drug-likeness (QED) is 0.615. The first kappa shape index (κ1) is 18.9. The number of nitrogen functional groups attached to an aromatic ring is 1. The van der Waals surface area contributed by atoms with Crippen molar-refractivity contribution in [2.75, 3.05) is 23.8 Å². The maximum absolute atomic E-state index is 15.2. The minimum absolute atomic E-state index is 0.0365. The van der Waals surface area contributed by atoms with Crippen molar-refractivity contribution >= 4 is 16.6 Å². The number of aliphatic hydroxyl groups excluding tert-OH is 1. The lowest BCUT2D eigenvalue weighted by molar-refractivity contribution is 0.0900. The molecule has 158 valence electrons. The number of nitrogens with two attached hydrogens (primary N) is 1. The summed E-state index contributed by atoms with van der Waals surface area (Å²) in [5.74, 6) is 5.18. The molecule has 2 aliphatic rings. The molecule has 5 rings (SSSR count). The van der Waals surface area contributed by atoms with Crippen LogP contribution in [0.4, 0.5) is 10.1 Å². The average molecular weight is 415 g/mol. The van der Waals surface area contributed by atoms with Crippen LogP contribution in [0.2, 0.25) is 0 Å². The van der Waals surface area contributed by atoms with Gasteiger partial charge in [-0.05, 0) is 32.3 Å². The van der Waals surface area contributed by atoms with Gasteiger partial charge in [-0.25, -0.2) is 14.2 Å². The van der Waals surface area contributed by atoms with Gasteiger partial charge in [0.2, 0.25) is 5.89 Å². The molecule has 0 radical (unpaired) electrons. The summed E-state index contributed by atoms with van der Waals surface area (Å²) in [7, 11) is 0. The first-order valence-corrected chi connectivity index (χ1v) is 9.96. The maximum Gasteiger partial charge on any atom is 0.350 e. The molecule has 3 aromatic rings. The Bertz CT molecular complexity index is 1250. The van der Waals surface area contributed by atoms with E-state index in [1.54, 1.807) is 6.92 Å². The number of benzene rings is 1. The van der Waals surface area contributed by atoms with Crippen LogP contribution in [-0.2, 0) is 0 Å². The molecule has 3 heterocycles. The Morgan fingerprint density at radius 1 is 1.33 bits per heavy atom. The van der Waals surface area contributed by atoms with Gasteiger partial charge in [0, 0.05) is 30.6 Å². The molecule has 1 saturated heterocycles. The van der Waals surface area contributed by atoms with Crippen LogP contribution in [0.15, 0.2) is 32.5 Å². The number of halogens is 1. The van der Waals surface area contributed by atoms with Crippen molar-refractivity contribution in [3.63, 3.8) is 0 Å². The van der Waals surface area contributed by atoms with Gasteiger partial charge >= 0.3 is 5.69 Å². The van der Waals surface area contributed by atoms with Gasteiger partial charge in [0.25, 0.3) is 5.56 Å². The Balaban J connectivity index is 1.61. The van der Waals surface area contributed by atoms with Crippen LogP contribution in [-0.4, -0.2) is 32.4 Å². The first-order chi connectivity index (χ1) is 14.4. The number of hydrogen-bond donors (Lipinski definition) is 2. The lowest BCUT2D eigenvalue weighted by atomic mass is 10.0. The summed E-state index contributed by atoms with van der Waals surface area (Å²) in [6.07, 6.45) is 4.24. The molecule has 2 atom stereocenters. The molecule has 0 bridgehead atoms. The van der Waals surface area contributed by atoms with Gasteiger partial charge in [0.15, 0.2) is 0 Å². The summed E-state index contributed by atoms with van der Waals surface area (Å²) >= 11 is 0. The van der Waals surface area contributed by atoms with Crippen LogP contribution in [0, 0.1) is 18.7 Å². The summed E-state index contributed by atoms with van der Waals surface area (Å²) < 4.78 is 22.5. The smallest absolute Gasteiger partial charge is 0.350 e. The zero-order valence-electron chi connectivity index (χ0n) is 16.4. The highest BCUT2D eigenvalue weighted by molar-refractivity contribution is 5.87. The zero-order valence-corrected chi connectivity index (χ0v) is 16.4. The lowest BCUT2D eigenvalue weighted by Crippen LogP contribution is -2.44. The van der Waals surface area contributed by atoms with Crippen LogP contribution in [0.1, 0.15) is 42.9 Å². The molecule has 9 nitrogen and oxygen atoms in total. The predicted octanol–water partition coefficient (Wildman–Crippen LogP) is 1.21. The van der Waals surface area contributed by atoms with E-state index in [-0.39, 0.29) is 23.2 Å². The molecule has 0 amide bonds. The van der Waals surface area contributed by atoms with Crippen LogP contribution in [0.3, 0.4) is 0 Å². The highest BCUT2D eigenvalue weighted by Crippen LogP contribution is 2.40. The topological polar surface area (TPSA) is 120 Å². The Labute approximate surface area is 170 Å². The van der Waals surface area contributed by atoms with Crippen molar-refractivity contribution < 1.29 is 13.9 Å². The van der Waals surface area contributed by atoms with Crippen molar-refractivity contribution in [2.45, 2.75) is 38.3 Å². The van der Waals surface area contributed by atoms with E-state index in [4.69, 9.17) is 10.3 Å². The van der Waals surface area contributed by atoms with Gasteiger partial charge in [-0.2, -0.15) is 4.68 Å². The number of aliphatic hydroxyl groups is 1. The maximum atomic E-state index is 15.2. The summed E-state index contributed by atoms with van der Waals surface area (Å²) in [6.45, 7) is 2.64. The average Bonchev–Trinajstić information content (AvgIpc) is 3.20. The molecule has 3 N–H and O–H groups in total. The van der Waals surface area contributed by atoms with E-state index in [0.29, 0.717) is 41.0 Å². The van der Waals surface area contributed by atoms with Gasteiger partial charge in [0.05, 0.1) is 22.8 Å². The fourth-order valence-corrected chi connectivity index (χ4v) is 4.55. The van der Waals surface area contributed by atoms with Crippen LogP contribution in [0.5, 0.6) is 0 Å². The van der Waals surface area contributed by atoms with Gasteiger partial charge in [-0.15, -0.1) is 0 Å². The highest BCUT2D eigenvalue weighted by atomic mass is 19.1. The number of nitrogens with zero attached hydrogens (tertiary/aromatic N) is 4. The second-order valence-corrected chi connectivity index (χ2v) is 8.10. The standard InChI is InChI=1S/C20H22FN5O4/c1-10-15-13(19(28)26(22)20(29)25(15)12-2-3-12)8-14(21)16(10)24-6-4-11(9-24)17(27)18-23-5-7-30-18/h5,7-8,11-12,17,27H,2-4,6,9,22H2,1H3. The Morgan fingerprint density at radius 2 is 2.10 bits per heavy atom. The van der Waals surface area contributed by atoms with E-state index in [0.717, 1.165) is 12.8 Å². The lowest BCUT2D eigenvalue weighted by Gasteiger charge is -2.24. The van der Waals surface area contributed by atoms with Crippen LogP contribution >= 0.6 is 0 Å². The monoisotopic (exact) mass is 415 g/mol. The van der Waals surface area contributed by atoms with E-state index in [1.807, 2.05) is 4.90 Å². The van der Waals surface area contributed by atoms with Crippen molar-refractivity contribution in [1.82, 2.24) is 14.2 Å². The number of hydrogen-bond acceptors (Lipinski definition) is 7. The minimum Gasteiger partial charge on any atom is -0.446 e. The fraction of sp³-hybridized carbons (Fsp3) is 0.450. The molecular formula is C20H22FN5O4. The molecule has 1 aliphatic carbocycles. The number of rotatable bonds is 4. The first-order valence-electron chi connectivity index (χ1n) is 9.96. The summed E-state index contributed by atoms with van der Waals surface area (Å²) in [4.78, 5) is 31.1. The molecule has 30 heavy (non-hydrogen) atoms. The summed E-state index contributed by atoms with van der Waals surface area (Å²) in [5, 5.41) is 10.6. The minimum atomic E-state index is -0.886. The van der Waals surface area contributed by atoms with E-state index < -0.39 is 23.2 Å². The molecule has 2 unspecified atom stereocenters. The SMILES string of the molecule is Cc1c(N2CCC(C(O)c3ncco3)C2)c(F)cc2c(=O)n(N)c(=O)n(C3CC3)c12. The third-order valence-corrected chi connectivity index (χ3v) is 6.17. The van der Waals surface area contributed by atoms with E-state index in [1.165, 1.54) is 23.1 Å². The second kappa shape index (κ2) is 6.69. The van der Waals surface area contributed by atoms with Gasteiger partial charge in [0.1, 0.15) is 18.2 Å². The molecule has 0 spiro atoms. The van der Waals surface area contributed by atoms with E-state index in [9.17, 15) is 14.7 Å². The van der Waals surface area contributed by atoms with Crippen LogP contribution in [0.25, 0.3) is 10.9 Å². The zero-order chi connectivity index (χ0) is 21.2. The molecule has 2 aromatic heterocycles. The number of oxazole rings is 1. The van der Waals surface area contributed by atoms with E-state index in [2.05, 4.69) is 4.98 Å². The number of aryl methyl sites for hydroxylation is 1. The highest BCUT2D eigenvalue weighted by Gasteiger charge is 2.35. The van der Waals surface area contributed by atoms with Gasteiger partial charge in [-0.1, -0.05) is 0 Å². The van der Waals surface area contributed by atoms with Crippen molar-refractivity contribution in [1.29, 1.82) is 0 Å². The Kier molecular flexibility index (Phi) is 4.21. The van der Waals surface area contributed by atoms with Crippen molar-refractivity contribution in [3.8, 4) is 0 Å². The molecule has 1 saturated carbocycles. The Morgan fingerprint density at radius 3 is 2.77 bits per heavy atom. The summed E-state index contributed by atoms with van der Waals surface area (Å²) in [5.41, 5.74) is 0.00109. The van der Waals surface area contributed by atoms with Gasteiger partial charge < -0.3 is 20.3 Å². The molecular weight excluding hydrogens is 393 g/mol. The normalized spacial score (nSPS) is 20.2. The molecule has 2 fully saturated rings. The van der Waals surface area contributed by atoms with Crippen LogP contribution < -0.4 is 22.0 Å². The predicted molar refractivity (Wildman–Crippen MR) is 107 cm³/mol. The third kappa shape index (κ3) is 2.74. The van der Waals surface area contributed by atoms with Gasteiger partial charge in [-0.3, -0.25) is 9.36 Å². The van der Waals surface area contributed by atoms with E-state index >= 15 is 4.39 Å². The summed E-state index contributed by atoms with van der Waals surface area (Å²) in [6, 6.07) is 1.13. The molecule has 1 aromatic carbocycles. The third-order valence-electron chi connectivity index (χ3n) is 6.17. The Hall–Kier alpha value is -3.14. The second-order valence-electron chi connectivity index (χ2n) is 8.10.